The Labute approximate surface area is 117 Å². The van der Waals surface area contributed by atoms with Crippen molar-refractivity contribution in [2.75, 3.05) is 0 Å². The minimum absolute atomic E-state index is 1.03. The van der Waals surface area contributed by atoms with E-state index < -0.39 is 0 Å². The average molecular weight is 383 g/mol. The Bertz CT molecular complexity index is 547. The van der Waals surface area contributed by atoms with E-state index in [9.17, 15) is 0 Å². The van der Waals surface area contributed by atoms with Crippen LogP contribution in [0, 0.1) is 15.4 Å². The van der Waals surface area contributed by atoms with E-state index in [-0.39, 0.29) is 0 Å². The first-order chi connectivity index (χ1) is 7.75. The van der Waals surface area contributed by atoms with Crippen LogP contribution in [0.5, 0.6) is 0 Å². The molecule has 0 heterocycles. The monoisotopic (exact) mass is 382 g/mol. The molecule has 0 spiro atoms. The summed E-state index contributed by atoms with van der Waals surface area (Å²) in [5, 5.41) is 0. The van der Waals surface area contributed by atoms with Crippen molar-refractivity contribution in [3.8, 4) is 11.8 Å². The topological polar surface area (TPSA) is 0 Å². The fourth-order valence-corrected chi connectivity index (χ4v) is 2.02. The molecule has 78 valence electrons. The predicted molar refractivity (Wildman–Crippen MR) is 79.3 cm³/mol. The molecule has 2 aromatic carbocycles. The lowest BCUT2D eigenvalue weighted by Crippen LogP contribution is -1.80. The van der Waals surface area contributed by atoms with Gasteiger partial charge in [-0.05, 0) is 59.0 Å². The van der Waals surface area contributed by atoms with Gasteiger partial charge in [0.25, 0.3) is 0 Å². The van der Waals surface area contributed by atoms with Gasteiger partial charge >= 0.3 is 0 Å². The van der Waals surface area contributed by atoms with Crippen molar-refractivity contribution in [1.29, 1.82) is 0 Å². The molecule has 0 N–H and O–H groups in total. The molecule has 0 aromatic heterocycles. The Balaban J connectivity index is 2.29. The van der Waals surface area contributed by atoms with Crippen LogP contribution < -0.4 is 0 Å². The van der Waals surface area contributed by atoms with Crippen LogP contribution in [0.25, 0.3) is 0 Å². The SMILES string of the molecule is Brc1ccc(C#Cc2ccccc2I)cc1. The first-order valence-corrected chi connectivity index (χ1v) is 6.65. The number of hydrogen-bond donors (Lipinski definition) is 0. The van der Waals surface area contributed by atoms with Crippen molar-refractivity contribution in [1.82, 2.24) is 0 Å². The Morgan fingerprint density at radius 1 is 0.875 bits per heavy atom. The second-order valence-corrected chi connectivity index (χ2v) is 5.31. The molecule has 0 bridgehead atoms. The van der Waals surface area contributed by atoms with Crippen LogP contribution in [-0.2, 0) is 0 Å². The average Bonchev–Trinajstić information content (AvgIpc) is 2.30. The van der Waals surface area contributed by atoms with Crippen molar-refractivity contribution in [2.24, 2.45) is 0 Å². The van der Waals surface area contributed by atoms with Crippen LogP contribution in [0.15, 0.2) is 53.0 Å². The molecule has 0 atom stereocenters. The van der Waals surface area contributed by atoms with E-state index in [4.69, 9.17) is 0 Å². The largest absolute Gasteiger partial charge is 0.0616 e. The quantitative estimate of drug-likeness (QED) is 0.466. The summed E-state index contributed by atoms with van der Waals surface area (Å²) in [6.07, 6.45) is 0. The van der Waals surface area contributed by atoms with Crippen LogP contribution in [0.1, 0.15) is 11.1 Å². The molecular formula is C14H8BrI. The van der Waals surface area contributed by atoms with Gasteiger partial charge in [0.05, 0.1) is 0 Å². The lowest BCUT2D eigenvalue weighted by Gasteiger charge is -1.94. The Kier molecular flexibility index (Phi) is 4.03. The Morgan fingerprint density at radius 3 is 2.25 bits per heavy atom. The summed E-state index contributed by atoms with van der Waals surface area (Å²) in [7, 11) is 0. The van der Waals surface area contributed by atoms with E-state index in [0.717, 1.165) is 15.6 Å². The summed E-state index contributed by atoms with van der Waals surface area (Å²) < 4.78 is 2.26. The second-order valence-electron chi connectivity index (χ2n) is 3.24. The van der Waals surface area contributed by atoms with E-state index in [1.165, 1.54) is 3.57 Å². The van der Waals surface area contributed by atoms with Crippen LogP contribution in [0.2, 0.25) is 0 Å². The Morgan fingerprint density at radius 2 is 1.56 bits per heavy atom. The molecule has 0 unspecified atom stereocenters. The molecule has 0 aliphatic rings. The fraction of sp³-hybridized carbons (Fsp3) is 0. The zero-order valence-electron chi connectivity index (χ0n) is 8.37. The normalized spacial score (nSPS) is 9.38. The second kappa shape index (κ2) is 5.51. The highest BCUT2D eigenvalue weighted by molar-refractivity contribution is 14.1. The maximum Gasteiger partial charge on any atom is 0.0382 e. The van der Waals surface area contributed by atoms with Gasteiger partial charge in [-0.1, -0.05) is 39.9 Å². The molecule has 0 aliphatic heterocycles. The van der Waals surface area contributed by atoms with Gasteiger partial charge in [0.2, 0.25) is 0 Å². The minimum Gasteiger partial charge on any atom is -0.0616 e. The highest BCUT2D eigenvalue weighted by Crippen LogP contribution is 2.11. The van der Waals surface area contributed by atoms with E-state index in [0.29, 0.717) is 0 Å². The summed E-state index contributed by atoms with van der Waals surface area (Å²) in [5.41, 5.74) is 2.11. The maximum atomic E-state index is 3.40. The fourth-order valence-electron chi connectivity index (χ4n) is 1.24. The lowest BCUT2D eigenvalue weighted by atomic mass is 10.2. The predicted octanol–water partition coefficient (Wildman–Crippen LogP) is 4.45. The van der Waals surface area contributed by atoms with E-state index in [1.807, 2.05) is 42.5 Å². The summed E-state index contributed by atoms with van der Waals surface area (Å²) in [6, 6.07) is 16.1. The number of rotatable bonds is 0. The molecule has 0 aliphatic carbocycles. The number of hydrogen-bond acceptors (Lipinski definition) is 0. The summed E-state index contributed by atoms with van der Waals surface area (Å²) in [6.45, 7) is 0. The number of halogens is 2. The highest BCUT2D eigenvalue weighted by Gasteiger charge is 1.92. The van der Waals surface area contributed by atoms with E-state index in [1.54, 1.807) is 0 Å². The lowest BCUT2D eigenvalue weighted by molar-refractivity contribution is 1.57. The molecule has 0 saturated heterocycles. The van der Waals surface area contributed by atoms with Gasteiger partial charge in [-0.15, -0.1) is 0 Å². The van der Waals surface area contributed by atoms with Crippen molar-refractivity contribution in [3.05, 3.63) is 67.7 Å². The molecule has 16 heavy (non-hydrogen) atoms. The Hall–Kier alpha value is -0.790. The van der Waals surface area contributed by atoms with Gasteiger partial charge in [0.15, 0.2) is 0 Å². The molecular weight excluding hydrogens is 375 g/mol. The van der Waals surface area contributed by atoms with Gasteiger partial charge in [-0.2, -0.15) is 0 Å². The van der Waals surface area contributed by atoms with Gasteiger partial charge in [0, 0.05) is 19.2 Å². The zero-order chi connectivity index (χ0) is 11.4. The molecule has 0 radical (unpaired) electrons. The third-order valence-electron chi connectivity index (χ3n) is 2.06. The molecule has 0 saturated carbocycles. The van der Waals surface area contributed by atoms with Gasteiger partial charge in [0.1, 0.15) is 0 Å². The van der Waals surface area contributed by atoms with Crippen LogP contribution in [-0.4, -0.2) is 0 Å². The zero-order valence-corrected chi connectivity index (χ0v) is 12.1. The minimum atomic E-state index is 1.03. The molecule has 0 nitrogen and oxygen atoms in total. The maximum absolute atomic E-state index is 3.40. The van der Waals surface area contributed by atoms with E-state index in [2.05, 4.69) is 56.4 Å². The van der Waals surface area contributed by atoms with Crippen molar-refractivity contribution in [3.63, 3.8) is 0 Å². The third-order valence-corrected chi connectivity index (χ3v) is 3.53. The summed E-state index contributed by atoms with van der Waals surface area (Å²) >= 11 is 5.70. The first kappa shape index (κ1) is 11.7. The van der Waals surface area contributed by atoms with Gasteiger partial charge < -0.3 is 0 Å². The summed E-state index contributed by atoms with van der Waals surface area (Å²) in [5.74, 6) is 6.33. The molecule has 0 fully saturated rings. The molecule has 2 heteroatoms. The van der Waals surface area contributed by atoms with Crippen molar-refractivity contribution >= 4 is 38.5 Å². The summed E-state index contributed by atoms with van der Waals surface area (Å²) in [4.78, 5) is 0. The van der Waals surface area contributed by atoms with Crippen LogP contribution in [0.4, 0.5) is 0 Å². The molecule has 2 rings (SSSR count). The van der Waals surface area contributed by atoms with E-state index >= 15 is 0 Å². The number of benzene rings is 2. The molecule has 2 aromatic rings. The molecule has 0 amide bonds. The third kappa shape index (κ3) is 3.10. The van der Waals surface area contributed by atoms with Crippen molar-refractivity contribution in [2.45, 2.75) is 0 Å². The standard InChI is InChI=1S/C14H8BrI/c15-13-9-6-11(7-10-13)5-8-12-3-1-2-4-14(12)16/h1-4,6-7,9-10H. The first-order valence-electron chi connectivity index (χ1n) is 4.78. The van der Waals surface area contributed by atoms with Gasteiger partial charge in [-0.25, -0.2) is 0 Å². The van der Waals surface area contributed by atoms with Crippen LogP contribution >= 0.6 is 38.5 Å². The highest BCUT2D eigenvalue weighted by atomic mass is 127. The van der Waals surface area contributed by atoms with Crippen LogP contribution in [0.3, 0.4) is 0 Å². The van der Waals surface area contributed by atoms with Crippen molar-refractivity contribution < 1.29 is 0 Å². The van der Waals surface area contributed by atoms with Gasteiger partial charge in [-0.3, -0.25) is 0 Å². The smallest absolute Gasteiger partial charge is 0.0382 e.